The van der Waals surface area contributed by atoms with Crippen LogP contribution in [0.3, 0.4) is 0 Å². The van der Waals surface area contributed by atoms with Crippen LogP contribution in [0.1, 0.15) is 32.3 Å². The number of fused-ring (bicyclic) bond motifs is 1. The number of carbonyl (C=O) groups is 2. The summed E-state index contributed by atoms with van der Waals surface area (Å²) in [7, 11) is 7.06. The maximum Gasteiger partial charge on any atom is 0.330 e. The fraction of sp³-hybridized carbons (Fsp3) is 0.500. The summed E-state index contributed by atoms with van der Waals surface area (Å²) >= 11 is 7.30. The monoisotopic (exact) mass is 693 g/mol. The van der Waals surface area contributed by atoms with Crippen molar-refractivity contribution < 1.29 is 19.1 Å². The van der Waals surface area contributed by atoms with E-state index in [1.807, 2.05) is 43.8 Å². The van der Waals surface area contributed by atoms with Crippen molar-refractivity contribution >= 4 is 61.3 Å². The number of hydrogen-bond acceptors (Lipinski definition) is 8. The maximum absolute atomic E-state index is 14.4. The molecule has 0 radical (unpaired) electrons. The quantitative estimate of drug-likeness (QED) is 0.370. The summed E-state index contributed by atoms with van der Waals surface area (Å²) in [4.78, 5) is 43.8. The van der Waals surface area contributed by atoms with Crippen molar-refractivity contribution in [2.45, 2.75) is 45.3 Å². The third-order valence-electron chi connectivity index (χ3n) is 6.95. The number of anilines is 3. The Labute approximate surface area is 258 Å². The van der Waals surface area contributed by atoms with E-state index in [2.05, 4.69) is 42.2 Å². The van der Waals surface area contributed by atoms with Gasteiger partial charge in [-0.1, -0.05) is 6.08 Å². The zero-order chi connectivity index (χ0) is 29.8. The second kappa shape index (κ2) is 13.4. The molecule has 3 amide bonds. The second-order valence-electron chi connectivity index (χ2n) is 10.6. The van der Waals surface area contributed by atoms with Crippen LogP contribution in [0, 0.1) is 0 Å². The van der Waals surface area contributed by atoms with Gasteiger partial charge in [-0.15, -0.1) is 0 Å². The summed E-state index contributed by atoms with van der Waals surface area (Å²) in [6, 6.07) is 1.50. The summed E-state index contributed by atoms with van der Waals surface area (Å²) < 4.78 is 12.4. The van der Waals surface area contributed by atoms with Gasteiger partial charge in [-0.3, -0.25) is 14.6 Å². The molecule has 3 heterocycles. The van der Waals surface area contributed by atoms with E-state index in [1.165, 1.54) is 0 Å². The lowest BCUT2D eigenvalue weighted by molar-refractivity contribution is -0.127. The molecule has 13 heteroatoms. The SMILES string of the molecule is COc1cc(OC)c(Br)c(N2Cc3cnc(NC(C)C)nc3N(C3CCN(C(=O)/C=C/CN(C)C)CC3)C2=O)c1Br. The van der Waals surface area contributed by atoms with Gasteiger partial charge in [0.05, 0.1) is 35.4 Å². The molecule has 0 saturated carbocycles. The molecule has 0 atom stereocenters. The summed E-state index contributed by atoms with van der Waals surface area (Å²) in [5.41, 5.74) is 1.40. The lowest BCUT2D eigenvalue weighted by Gasteiger charge is -2.43. The number of piperidine rings is 1. The molecule has 1 aromatic carbocycles. The van der Waals surface area contributed by atoms with E-state index in [-0.39, 0.29) is 30.6 Å². The van der Waals surface area contributed by atoms with Crippen LogP contribution in [0.15, 0.2) is 33.4 Å². The number of nitrogens with one attached hydrogen (secondary N) is 1. The van der Waals surface area contributed by atoms with Crippen molar-refractivity contribution in [3.63, 3.8) is 0 Å². The number of ether oxygens (including phenoxy) is 2. The van der Waals surface area contributed by atoms with Crippen LogP contribution in [0.2, 0.25) is 0 Å². The molecule has 222 valence electrons. The Balaban J connectivity index is 1.70. The predicted molar refractivity (Wildman–Crippen MR) is 167 cm³/mol. The van der Waals surface area contributed by atoms with Crippen LogP contribution in [0.4, 0.5) is 22.2 Å². The van der Waals surface area contributed by atoms with Crippen LogP contribution >= 0.6 is 31.9 Å². The van der Waals surface area contributed by atoms with Crippen molar-refractivity contribution in [1.29, 1.82) is 0 Å². The molecule has 2 aliphatic heterocycles. The second-order valence-corrected chi connectivity index (χ2v) is 12.1. The van der Waals surface area contributed by atoms with Gasteiger partial charge in [0.15, 0.2) is 0 Å². The van der Waals surface area contributed by atoms with E-state index >= 15 is 0 Å². The molecule has 41 heavy (non-hydrogen) atoms. The number of halogens is 2. The van der Waals surface area contributed by atoms with Crippen molar-refractivity contribution in [3.05, 3.63) is 38.9 Å². The average Bonchev–Trinajstić information content (AvgIpc) is 2.93. The molecule has 1 aromatic heterocycles. The average molecular weight is 695 g/mol. The molecule has 0 unspecified atom stereocenters. The molecule has 4 rings (SSSR count). The molecule has 2 aromatic rings. The minimum Gasteiger partial charge on any atom is -0.495 e. The third kappa shape index (κ3) is 6.78. The number of likely N-dealkylation sites (tertiary alicyclic amines) is 1. The Bertz CT molecular complexity index is 1280. The number of carbonyl (C=O) groups excluding carboxylic acids is 2. The van der Waals surface area contributed by atoms with E-state index in [0.29, 0.717) is 70.4 Å². The number of benzene rings is 1. The van der Waals surface area contributed by atoms with Gasteiger partial charge in [0, 0.05) is 55.6 Å². The molecule has 1 saturated heterocycles. The topological polar surface area (TPSA) is 103 Å². The van der Waals surface area contributed by atoms with E-state index in [9.17, 15) is 9.59 Å². The van der Waals surface area contributed by atoms with Crippen LogP contribution in [0.5, 0.6) is 11.5 Å². The standard InChI is InChI=1S/C28H37Br2N7O4/c1-17(2)32-27-31-15-18-16-36(25-23(29)20(40-5)14-21(41-6)24(25)30)28(39)37(26(18)33-27)19-9-12-35(13-10-19)22(38)8-7-11-34(3)4/h7-8,14-15,17,19H,9-13,16H2,1-6H3,(H,31,32,33)/b8-7+. The number of hydrogen-bond donors (Lipinski definition) is 1. The van der Waals surface area contributed by atoms with Gasteiger partial charge in [-0.25, -0.2) is 9.78 Å². The summed E-state index contributed by atoms with van der Waals surface area (Å²) in [5.74, 6) is 2.11. The molecule has 0 bridgehead atoms. The maximum atomic E-state index is 14.4. The minimum absolute atomic E-state index is 0.0145. The zero-order valence-electron chi connectivity index (χ0n) is 24.3. The molecular weight excluding hydrogens is 658 g/mol. The van der Waals surface area contributed by atoms with Crippen LogP contribution in [0.25, 0.3) is 0 Å². The zero-order valence-corrected chi connectivity index (χ0v) is 27.5. The van der Waals surface area contributed by atoms with E-state index in [1.54, 1.807) is 42.4 Å². The summed E-state index contributed by atoms with van der Waals surface area (Å²) in [5, 5.41) is 3.25. The van der Waals surface area contributed by atoms with Gasteiger partial charge in [0.1, 0.15) is 17.3 Å². The number of aromatic nitrogens is 2. The Morgan fingerprint density at radius 1 is 1.17 bits per heavy atom. The first-order chi connectivity index (χ1) is 19.5. The number of nitrogens with zero attached hydrogens (tertiary/aromatic N) is 6. The van der Waals surface area contributed by atoms with Crippen molar-refractivity contribution in [1.82, 2.24) is 19.8 Å². The minimum atomic E-state index is -0.223. The Kier molecular flexibility index (Phi) is 10.1. The van der Waals surface area contributed by atoms with Crippen LogP contribution in [-0.4, -0.2) is 91.7 Å². The van der Waals surface area contributed by atoms with Gasteiger partial charge >= 0.3 is 6.03 Å². The number of likely N-dealkylation sites (N-methyl/N-ethyl adjacent to an activating group) is 1. The number of rotatable bonds is 9. The van der Waals surface area contributed by atoms with Gasteiger partial charge in [0.2, 0.25) is 11.9 Å². The fourth-order valence-electron chi connectivity index (χ4n) is 4.93. The molecule has 1 N–H and O–H groups in total. The van der Waals surface area contributed by atoms with E-state index < -0.39 is 0 Å². The van der Waals surface area contributed by atoms with Gasteiger partial charge in [-0.2, -0.15) is 4.98 Å². The van der Waals surface area contributed by atoms with Crippen molar-refractivity contribution in [2.75, 3.05) is 63.1 Å². The van der Waals surface area contributed by atoms with E-state index in [4.69, 9.17) is 14.5 Å². The van der Waals surface area contributed by atoms with Crippen molar-refractivity contribution in [2.24, 2.45) is 0 Å². The third-order valence-corrected chi connectivity index (χ3v) is 8.48. The summed E-state index contributed by atoms with van der Waals surface area (Å²) in [6.07, 6.45) is 6.51. The van der Waals surface area contributed by atoms with Gasteiger partial charge < -0.3 is 24.6 Å². The summed E-state index contributed by atoms with van der Waals surface area (Å²) in [6.45, 7) is 6.06. The van der Waals surface area contributed by atoms with Gasteiger partial charge in [-0.05, 0) is 72.6 Å². The first-order valence-electron chi connectivity index (χ1n) is 13.5. The number of methoxy groups -OCH3 is 2. The fourth-order valence-corrected chi connectivity index (χ4v) is 6.58. The highest BCUT2D eigenvalue weighted by Crippen LogP contribution is 2.48. The number of amides is 3. The Hall–Kier alpha value is -2.90. The lowest BCUT2D eigenvalue weighted by atomic mass is 10.0. The lowest BCUT2D eigenvalue weighted by Crippen LogP contribution is -2.55. The predicted octanol–water partition coefficient (Wildman–Crippen LogP) is 4.89. The first-order valence-corrected chi connectivity index (χ1v) is 15.1. The molecule has 0 spiro atoms. The molecule has 1 fully saturated rings. The molecule has 0 aliphatic carbocycles. The van der Waals surface area contributed by atoms with Crippen LogP contribution < -0.4 is 24.6 Å². The Morgan fingerprint density at radius 3 is 2.37 bits per heavy atom. The van der Waals surface area contributed by atoms with Crippen molar-refractivity contribution in [3.8, 4) is 11.5 Å². The van der Waals surface area contributed by atoms with E-state index in [0.717, 1.165) is 5.56 Å². The normalized spacial score (nSPS) is 16.1. The highest BCUT2D eigenvalue weighted by atomic mass is 79.9. The number of urea groups is 1. The molecule has 2 aliphatic rings. The van der Waals surface area contributed by atoms with Crippen LogP contribution in [-0.2, 0) is 11.3 Å². The molecule has 11 nitrogen and oxygen atoms in total. The van der Waals surface area contributed by atoms with Gasteiger partial charge in [0.25, 0.3) is 0 Å². The smallest absolute Gasteiger partial charge is 0.330 e. The largest absolute Gasteiger partial charge is 0.495 e. The highest BCUT2D eigenvalue weighted by molar-refractivity contribution is 9.11. The first kappa shape index (κ1) is 31.0. The Morgan fingerprint density at radius 2 is 1.80 bits per heavy atom. The molecular formula is C28H37Br2N7O4. The highest BCUT2D eigenvalue weighted by Gasteiger charge is 2.41.